The monoisotopic (exact) mass is 392 g/mol. The molecule has 1 aromatic heterocycles. The van der Waals surface area contributed by atoms with Crippen LogP contribution in [0.1, 0.15) is 43.4 Å². The van der Waals surface area contributed by atoms with Crippen LogP contribution in [-0.2, 0) is 22.4 Å². The maximum Gasteiger partial charge on any atom is 0.248 e. The van der Waals surface area contributed by atoms with Crippen molar-refractivity contribution in [2.24, 2.45) is 0 Å². The van der Waals surface area contributed by atoms with Gasteiger partial charge in [-0.2, -0.15) is 0 Å². The molecule has 152 valence electrons. The first-order valence-electron chi connectivity index (χ1n) is 10.6. The number of carbonyl (C=O) groups is 2. The molecule has 2 fully saturated rings. The van der Waals surface area contributed by atoms with Crippen molar-refractivity contribution >= 4 is 11.8 Å². The van der Waals surface area contributed by atoms with Crippen molar-refractivity contribution < 1.29 is 9.59 Å². The normalized spacial score (nSPS) is 21.7. The van der Waals surface area contributed by atoms with E-state index in [-0.39, 0.29) is 11.8 Å². The van der Waals surface area contributed by atoms with Crippen LogP contribution in [-0.4, -0.2) is 56.8 Å². The average molecular weight is 393 g/mol. The molecule has 0 aliphatic carbocycles. The molecule has 0 N–H and O–H groups in total. The summed E-state index contributed by atoms with van der Waals surface area (Å²) in [6.45, 7) is 2.18. The van der Waals surface area contributed by atoms with Crippen molar-refractivity contribution in [1.82, 2.24) is 19.8 Å². The fraction of sp³-hybridized carbons (Fsp3) is 0.478. The molecule has 0 radical (unpaired) electrons. The predicted octanol–water partition coefficient (Wildman–Crippen LogP) is 2.64. The largest absolute Gasteiger partial charge is 0.340 e. The third-order valence-electron chi connectivity index (χ3n) is 6.22. The molecule has 2 amide bonds. The Morgan fingerprint density at radius 2 is 1.83 bits per heavy atom. The Balaban J connectivity index is 1.42. The molecule has 6 nitrogen and oxygen atoms in total. The molecule has 0 bridgehead atoms. The third-order valence-corrected chi connectivity index (χ3v) is 6.22. The van der Waals surface area contributed by atoms with E-state index >= 15 is 0 Å². The van der Waals surface area contributed by atoms with Crippen LogP contribution in [0.5, 0.6) is 0 Å². The Morgan fingerprint density at radius 3 is 2.59 bits per heavy atom. The molecule has 0 saturated carbocycles. The van der Waals surface area contributed by atoms with Gasteiger partial charge in [0.1, 0.15) is 5.54 Å². The third kappa shape index (κ3) is 4.16. The Kier molecular flexibility index (Phi) is 5.88. The van der Waals surface area contributed by atoms with Gasteiger partial charge in [0.2, 0.25) is 11.8 Å². The zero-order valence-electron chi connectivity index (χ0n) is 16.8. The molecule has 4 rings (SSSR count). The van der Waals surface area contributed by atoms with E-state index in [1.807, 2.05) is 28.0 Å². The summed E-state index contributed by atoms with van der Waals surface area (Å²) < 4.78 is 0. The molecule has 2 aliphatic heterocycles. The summed E-state index contributed by atoms with van der Waals surface area (Å²) >= 11 is 0. The highest BCUT2D eigenvalue weighted by Crippen LogP contribution is 2.38. The number of carbonyl (C=O) groups excluding carboxylic acids is 2. The molecule has 6 heteroatoms. The number of nitrogens with zero attached hydrogens (tertiary/aromatic N) is 4. The highest BCUT2D eigenvalue weighted by atomic mass is 16.2. The van der Waals surface area contributed by atoms with Crippen LogP contribution in [0.3, 0.4) is 0 Å². The fourth-order valence-corrected chi connectivity index (χ4v) is 4.74. The summed E-state index contributed by atoms with van der Waals surface area (Å²) in [4.78, 5) is 38.7. The number of amides is 2. The first-order valence-corrected chi connectivity index (χ1v) is 10.6. The van der Waals surface area contributed by atoms with Crippen LogP contribution in [0, 0.1) is 0 Å². The van der Waals surface area contributed by atoms with Gasteiger partial charge in [-0.25, -0.2) is 0 Å². The van der Waals surface area contributed by atoms with Crippen LogP contribution in [0.15, 0.2) is 48.9 Å². The van der Waals surface area contributed by atoms with Gasteiger partial charge in [0.05, 0.1) is 5.69 Å². The Hall–Kier alpha value is -2.76. The van der Waals surface area contributed by atoms with Gasteiger partial charge in [-0.1, -0.05) is 30.3 Å². The Labute approximate surface area is 172 Å². The molecule has 29 heavy (non-hydrogen) atoms. The second-order valence-corrected chi connectivity index (χ2v) is 8.01. The summed E-state index contributed by atoms with van der Waals surface area (Å²) in [5.41, 5.74) is 1.42. The van der Waals surface area contributed by atoms with E-state index in [0.29, 0.717) is 25.9 Å². The second kappa shape index (κ2) is 8.72. The minimum Gasteiger partial charge on any atom is -0.340 e. The van der Waals surface area contributed by atoms with E-state index in [0.717, 1.165) is 44.3 Å². The molecule has 2 saturated heterocycles. The molecule has 1 unspecified atom stereocenters. The van der Waals surface area contributed by atoms with Crippen LogP contribution in [0.2, 0.25) is 0 Å². The van der Waals surface area contributed by atoms with Crippen LogP contribution in [0.4, 0.5) is 0 Å². The number of piperidine rings is 1. The number of aryl methyl sites for hydroxylation is 1. The maximum atomic E-state index is 13.5. The highest BCUT2D eigenvalue weighted by Gasteiger charge is 2.52. The van der Waals surface area contributed by atoms with E-state index in [1.165, 1.54) is 5.56 Å². The summed E-state index contributed by atoms with van der Waals surface area (Å²) in [6.07, 6.45) is 10.2. The number of benzene rings is 1. The van der Waals surface area contributed by atoms with Gasteiger partial charge in [0.15, 0.2) is 0 Å². The summed E-state index contributed by atoms with van der Waals surface area (Å²) in [7, 11) is 0. The van der Waals surface area contributed by atoms with Gasteiger partial charge in [-0.05, 0) is 44.1 Å². The molecule has 3 heterocycles. The zero-order chi connectivity index (χ0) is 20.1. The van der Waals surface area contributed by atoms with Crippen molar-refractivity contribution in [3.8, 4) is 0 Å². The Bertz CT molecular complexity index is 842. The van der Waals surface area contributed by atoms with E-state index in [1.54, 1.807) is 18.6 Å². The van der Waals surface area contributed by atoms with Gasteiger partial charge in [0, 0.05) is 44.6 Å². The standard InChI is InChI=1S/C23H28N4O2/c28-21(9-8-20-18-24-13-14-25-20)27-16-5-12-23(27)11-4-15-26(22(23)29)17-10-19-6-2-1-3-7-19/h1-3,6-7,13-14,18H,4-5,8-12,15-17H2. The van der Waals surface area contributed by atoms with Crippen LogP contribution in [0.25, 0.3) is 0 Å². The van der Waals surface area contributed by atoms with E-state index in [2.05, 4.69) is 22.1 Å². The van der Waals surface area contributed by atoms with Crippen LogP contribution < -0.4 is 0 Å². The average Bonchev–Trinajstić information content (AvgIpc) is 3.19. The van der Waals surface area contributed by atoms with Gasteiger partial charge < -0.3 is 9.80 Å². The first-order chi connectivity index (χ1) is 14.2. The second-order valence-electron chi connectivity index (χ2n) is 8.01. The van der Waals surface area contributed by atoms with Gasteiger partial charge >= 0.3 is 0 Å². The predicted molar refractivity (Wildman–Crippen MR) is 110 cm³/mol. The molecule has 1 aromatic carbocycles. The highest BCUT2D eigenvalue weighted by molar-refractivity contribution is 5.92. The lowest BCUT2D eigenvalue weighted by atomic mass is 9.85. The molecule has 1 atom stereocenters. The van der Waals surface area contributed by atoms with Crippen LogP contribution >= 0.6 is 0 Å². The zero-order valence-corrected chi connectivity index (χ0v) is 16.8. The fourth-order valence-electron chi connectivity index (χ4n) is 4.74. The van der Waals surface area contributed by atoms with E-state index in [9.17, 15) is 9.59 Å². The SMILES string of the molecule is O=C(CCc1cnccn1)N1CCCC12CCCN(CCc1ccccc1)C2=O. The van der Waals surface area contributed by atoms with Crippen molar-refractivity contribution in [3.63, 3.8) is 0 Å². The number of hydrogen-bond acceptors (Lipinski definition) is 4. The minimum atomic E-state index is -0.631. The van der Waals surface area contributed by atoms with Gasteiger partial charge in [-0.3, -0.25) is 19.6 Å². The smallest absolute Gasteiger partial charge is 0.248 e. The lowest BCUT2D eigenvalue weighted by molar-refractivity contribution is -0.155. The minimum absolute atomic E-state index is 0.0615. The molecule has 2 aliphatic rings. The summed E-state index contributed by atoms with van der Waals surface area (Å²) in [6, 6.07) is 10.3. The molecule has 1 spiro atoms. The lowest BCUT2D eigenvalue weighted by Gasteiger charge is -2.44. The van der Waals surface area contributed by atoms with E-state index < -0.39 is 5.54 Å². The van der Waals surface area contributed by atoms with Crippen molar-refractivity contribution in [2.45, 2.75) is 50.5 Å². The quantitative estimate of drug-likeness (QED) is 0.758. The molecular weight excluding hydrogens is 364 g/mol. The summed E-state index contributed by atoms with van der Waals surface area (Å²) in [5.74, 6) is 0.205. The molecule has 2 aromatic rings. The number of hydrogen-bond donors (Lipinski definition) is 0. The first kappa shape index (κ1) is 19.6. The number of likely N-dealkylation sites (tertiary alicyclic amines) is 2. The van der Waals surface area contributed by atoms with Crippen molar-refractivity contribution in [3.05, 3.63) is 60.2 Å². The number of rotatable bonds is 6. The van der Waals surface area contributed by atoms with Crippen molar-refractivity contribution in [1.29, 1.82) is 0 Å². The number of aromatic nitrogens is 2. The van der Waals surface area contributed by atoms with Crippen molar-refractivity contribution in [2.75, 3.05) is 19.6 Å². The molecular formula is C23H28N4O2. The maximum absolute atomic E-state index is 13.5. The Morgan fingerprint density at radius 1 is 1.03 bits per heavy atom. The van der Waals surface area contributed by atoms with Gasteiger partial charge in [-0.15, -0.1) is 0 Å². The lowest BCUT2D eigenvalue weighted by Crippen LogP contribution is -2.61. The van der Waals surface area contributed by atoms with Gasteiger partial charge in [0.25, 0.3) is 0 Å². The summed E-state index contributed by atoms with van der Waals surface area (Å²) in [5, 5.41) is 0. The van der Waals surface area contributed by atoms with E-state index in [4.69, 9.17) is 0 Å². The topological polar surface area (TPSA) is 66.4 Å².